The normalized spacial score (nSPS) is 17.3. The number of aryl methyl sites for hydroxylation is 1. The van der Waals surface area contributed by atoms with Crippen molar-refractivity contribution >= 4 is 39.6 Å². The summed E-state index contributed by atoms with van der Waals surface area (Å²) < 4.78 is 4.04. The molecule has 0 bridgehead atoms. The first-order valence-electron chi connectivity index (χ1n) is 18.3. The molecule has 2 aliphatic rings. The van der Waals surface area contributed by atoms with Gasteiger partial charge in [0.2, 0.25) is 11.8 Å². The van der Waals surface area contributed by atoms with Crippen LogP contribution in [0.2, 0.25) is 0 Å². The van der Waals surface area contributed by atoms with Gasteiger partial charge in [-0.15, -0.1) is 10.2 Å². The number of rotatable bonds is 11. The van der Waals surface area contributed by atoms with E-state index in [-0.39, 0.29) is 17.6 Å². The molecule has 12 heteroatoms. The summed E-state index contributed by atoms with van der Waals surface area (Å²) in [5.41, 5.74) is 12.1. The van der Waals surface area contributed by atoms with E-state index in [0.29, 0.717) is 35.8 Å². The summed E-state index contributed by atoms with van der Waals surface area (Å²) in [6, 6.07) is 18.9. The molecule has 4 aromatic heterocycles. The minimum absolute atomic E-state index is 0.149. The number of phenols is 1. The molecule has 0 aliphatic carbocycles. The number of phenolic OH excluding ortho intramolecular Hbond substituents is 1. The van der Waals surface area contributed by atoms with Crippen LogP contribution in [0.25, 0.3) is 44.3 Å². The van der Waals surface area contributed by atoms with Gasteiger partial charge in [-0.05, 0) is 106 Å². The SMILES string of the molecule is Nc1nnc(-c2ccccc2O)cc1-c1cnn(CC2CCN(CCCCCc3cccc4c3c3cccnc3n4C3CCC(=O)NC3=O)CC2)c1. The Hall–Kier alpha value is -5.62. The van der Waals surface area contributed by atoms with Crippen LogP contribution in [-0.4, -0.2) is 71.0 Å². The molecule has 4 N–H and O–H groups in total. The van der Waals surface area contributed by atoms with Crippen LogP contribution in [0.15, 0.2) is 79.3 Å². The molecule has 12 nitrogen and oxygen atoms in total. The number of nitrogens with two attached hydrogens (primary N) is 1. The van der Waals surface area contributed by atoms with E-state index in [1.54, 1.807) is 18.3 Å². The standard InChI is InChI=1S/C40H43N9O3/c41-38-31(22-32(45-46-38)29-10-3-4-13-35(29)50)28-23-43-48(25-28)24-26-16-20-47(21-17-26)19-5-1-2-8-27-9-6-12-33-37(27)30-11-7-18-42-39(30)49(33)34-14-15-36(51)44-40(34)52/h3-4,6-7,9-13,18,22-23,25-26,34,50H,1-2,5,8,14-17,19-21,24H2,(H2,41,46)(H,44,51,52). The Morgan fingerprint density at radius 2 is 1.79 bits per heavy atom. The molecule has 1 atom stereocenters. The molecule has 52 heavy (non-hydrogen) atoms. The van der Waals surface area contributed by atoms with Gasteiger partial charge in [-0.25, -0.2) is 4.98 Å². The minimum Gasteiger partial charge on any atom is -0.507 e. The van der Waals surface area contributed by atoms with Crippen molar-refractivity contribution in [2.75, 3.05) is 25.4 Å². The molecule has 266 valence electrons. The van der Waals surface area contributed by atoms with Crippen molar-refractivity contribution < 1.29 is 14.7 Å². The van der Waals surface area contributed by atoms with Crippen molar-refractivity contribution in [1.29, 1.82) is 0 Å². The first-order chi connectivity index (χ1) is 25.4. The molecule has 1 unspecified atom stereocenters. The summed E-state index contributed by atoms with van der Waals surface area (Å²) in [5.74, 6) is 0.577. The van der Waals surface area contributed by atoms with Crippen molar-refractivity contribution in [1.82, 2.24) is 39.7 Å². The quantitative estimate of drug-likeness (QED) is 0.111. The maximum atomic E-state index is 12.9. The third-order valence-electron chi connectivity index (χ3n) is 10.7. The van der Waals surface area contributed by atoms with E-state index >= 15 is 0 Å². The van der Waals surface area contributed by atoms with Crippen LogP contribution in [0.4, 0.5) is 5.82 Å². The second-order valence-electron chi connectivity index (χ2n) is 14.1. The van der Waals surface area contributed by atoms with Crippen molar-refractivity contribution in [2.45, 2.75) is 64.0 Å². The number of aromatic nitrogens is 6. The lowest BCUT2D eigenvalue weighted by molar-refractivity contribution is -0.135. The zero-order valence-electron chi connectivity index (χ0n) is 29.1. The number of benzene rings is 2. The third-order valence-corrected chi connectivity index (χ3v) is 10.7. The molecular formula is C40H43N9O3. The summed E-state index contributed by atoms with van der Waals surface area (Å²) in [5, 5.41) is 28.0. The van der Waals surface area contributed by atoms with Crippen LogP contribution in [0.1, 0.15) is 56.6 Å². The Labute approximate surface area is 301 Å². The summed E-state index contributed by atoms with van der Waals surface area (Å²) in [7, 11) is 0. The number of hydrogen-bond donors (Lipinski definition) is 3. The van der Waals surface area contributed by atoms with Gasteiger partial charge < -0.3 is 20.3 Å². The summed E-state index contributed by atoms with van der Waals surface area (Å²) in [4.78, 5) is 32.0. The topological polar surface area (TPSA) is 157 Å². The van der Waals surface area contributed by atoms with Crippen LogP contribution < -0.4 is 11.1 Å². The summed E-state index contributed by atoms with van der Waals surface area (Å²) >= 11 is 0. The highest BCUT2D eigenvalue weighted by Crippen LogP contribution is 2.36. The Morgan fingerprint density at radius 3 is 2.63 bits per heavy atom. The molecule has 6 heterocycles. The fourth-order valence-corrected chi connectivity index (χ4v) is 7.99. The van der Waals surface area contributed by atoms with E-state index in [2.05, 4.69) is 54.8 Å². The maximum Gasteiger partial charge on any atom is 0.249 e. The number of fused-ring (bicyclic) bond motifs is 3. The number of imide groups is 1. The number of anilines is 1. The summed E-state index contributed by atoms with van der Waals surface area (Å²) in [6.45, 7) is 4.15. The van der Waals surface area contributed by atoms with Gasteiger partial charge in [-0.1, -0.05) is 30.7 Å². The van der Waals surface area contributed by atoms with Gasteiger partial charge in [0.15, 0.2) is 5.82 Å². The van der Waals surface area contributed by atoms with Crippen molar-refractivity contribution in [3.8, 4) is 28.1 Å². The fourth-order valence-electron chi connectivity index (χ4n) is 7.99. The average molecular weight is 698 g/mol. The predicted octanol–water partition coefficient (Wildman–Crippen LogP) is 5.90. The molecule has 2 aliphatic heterocycles. The number of carbonyl (C=O) groups is 2. The lowest BCUT2D eigenvalue weighted by Crippen LogP contribution is -2.41. The van der Waals surface area contributed by atoms with Gasteiger partial charge in [-0.3, -0.25) is 19.6 Å². The third kappa shape index (κ3) is 6.73. The number of amides is 2. The van der Waals surface area contributed by atoms with Gasteiger partial charge >= 0.3 is 0 Å². The number of aromatic hydroxyl groups is 1. The van der Waals surface area contributed by atoms with Gasteiger partial charge in [0.25, 0.3) is 0 Å². The number of pyridine rings is 1. The Kier molecular flexibility index (Phi) is 9.38. The zero-order chi connectivity index (χ0) is 35.6. The first-order valence-corrected chi connectivity index (χ1v) is 18.3. The molecular weight excluding hydrogens is 655 g/mol. The first kappa shape index (κ1) is 33.5. The molecule has 8 rings (SSSR count). The van der Waals surface area contributed by atoms with E-state index in [1.165, 1.54) is 10.9 Å². The Morgan fingerprint density at radius 1 is 0.923 bits per heavy atom. The number of likely N-dealkylation sites (tertiary alicyclic amines) is 1. The average Bonchev–Trinajstić information content (AvgIpc) is 3.76. The lowest BCUT2D eigenvalue weighted by atomic mass is 9.96. The van der Waals surface area contributed by atoms with Gasteiger partial charge in [-0.2, -0.15) is 5.10 Å². The van der Waals surface area contributed by atoms with Crippen LogP contribution >= 0.6 is 0 Å². The maximum absolute atomic E-state index is 12.9. The molecule has 0 spiro atoms. The van der Waals surface area contributed by atoms with Crippen LogP contribution in [0.5, 0.6) is 5.75 Å². The summed E-state index contributed by atoms with van der Waals surface area (Å²) in [6.07, 6.45) is 13.1. The number of hydrogen-bond acceptors (Lipinski definition) is 9. The second-order valence-corrected chi connectivity index (χ2v) is 14.1. The van der Waals surface area contributed by atoms with E-state index in [0.717, 1.165) is 92.4 Å². The number of piperidine rings is 2. The van der Waals surface area contributed by atoms with Crippen molar-refractivity contribution in [3.05, 3.63) is 84.8 Å². The van der Waals surface area contributed by atoms with Crippen LogP contribution in [0.3, 0.4) is 0 Å². The monoisotopic (exact) mass is 697 g/mol. The van der Waals surface area contributed by atoms with Crippen molar-refractivity contribution in [2.24, 2.45) is 5.92 Å². The smallest absolute Gasteiger partial charge is 0.249 e. The van der Waals surface area contributed by atoms with Gasteiger partial charge in [0.1, 0.15) is 17.4 Å². The highest BCUT2D eigenvalue weighted by molar-refractivity contribution is 6.10. The minimum atomic E-state index is -0.446. The Bertz CT molecular complexity index is 2250. The molecule has 2 amide bonds. The molecule has 2 fully saturated rings. The second kappa shape index (κ2) is 14.5. The van der Waals surface area contributed by atoms with E-state index in [4.69, 9.17) is 5.73 Å². The number of nitrogen functional groups attached to an aromatic ring is 1. The number of unbranched alkanes of at least 4 members (excludes halogenated alkanes) is 2. The molecule has 0 saturated carbocycles. The predicted molar refractivity (Wildman–Crippen MR) is 200 cm³/mol. The Balaban J connectivity index is 0.830. The van der Waals surface area contributed by atoms with Crippen LogP contribution in [0, 0.1) is 5.92 Å². The molecule has 6 aromatic rings. The molecule has 0 radical (unpaired) electrons. The highest BCUT2D eigenvalue weighted by Gasteiger charge is 2.31. The number of para-hydroxylation sites is 1. The lowest BCUT2D eigenvalue weighted by Gasteiger charge is -2.31. The number of nitrogens with zero attached hydrogens (tertiary/aromatic N) is 7. The largest absolute Gasteiger partial charge is 0.507 e. The van der Waals surface area contributed by atoms with Gasteiger partial charge in [0, 0.05) is 52.8 Å². The van der Waals surface area contributed by atoms with E-state index in [9.17, 15) is 14.7 Å². The molecule has 2 saturated heterocycles. The highest BCUT2D eigenvalue weighted by atomic mass is 16.3. The number of nitrogens with one attached hydrogen (secondary N) is 1. The van der Waals surface area contributed by atoms with Crippen LogP contribution in [-0.2, 0) is 22.6 Å². The fraction of sp³-hybridized carbons (Fsp3) is 0.350. The van der Waals surface area contributed by atoms with E-state index < -0.39 is 6.04 Å². The van der Waals surface area contributed by atoms with Crippen molar-refractivity contribution in [3.63, 3.8) is 0 Å². The molecule has 2 aromatic carbocycles. The van der Waals surface area contributed by atoms with E-state index in [1.807, 2.05) is 45.9 Å². The van der Waals surface area contributed by atoms with Gasteiger partial charge in [0.05, 0.1) is 17.4 Å². The number of carbonyl (C=O) groups excluding carboxylic acids is 2. The zero-order valence-corrected chi connectivity index (χ0v) is 29.1.